The van der Waals surface area contributed by atoms with Crippen LogP contribution in [0.5, 0.6) is 5.75 Å². The van der Waals surface area contributed by atoms with Crippen LogP contribution in [0.3, 0.4) is 0 Å². The Morgan fingerprint density at radius 1 is 1.23 bits per heavy atom. The third-order valence-electron chi connectivity index (χ3n) is 4.99. The van der Waals surface area contributed by atoms with Gasteiger partial charge in [-0.3, -0.25) is 9.78 Å². The summed E-state index contributed by atoms with van der Waals surface area (Å²) in [5.41, 5.74) is 2.43. The number of ether oxygens (including phenoxy) is 1. The lowest BCUT2D eigenvalue weighted by molar-refractivity contribution is 0.0694. The second-order valence-corrected chi connectivity index (χ2v) is 6.89. The van der Waals surface area contributed by atoms with Crippen molar-refractivity contribution in [2.45, 2.75) is 20.4 Å². The highest BCUT2D eigenvalue weighted by atomic mass is 16.5. The van der Waals surface area contributed by atoms with E-state index in [9.17, 15) is 14.7 Å². The van der Waals surface area contributed by atoms with Crippen molar-refractivity contribution < 1.29 is 19.2 Å². The fourth-order valence-electron chi connectivity index (χ4n) is 3.60. The standard InChI is InChI=1S/C22H19N3O5/c1-12-20(13(2)30-24-12)16-8-14-9-17(22(27)28)21(26)25(18(14)10-19(16)29-3)11-15-6-4-5-7-23-15/h4-10H,11H2,1-3H3,(H,27,28). The van der Waals surface area contributed by atoms with Gasteiger partial charge in [-0.15, -0.1) is 0 Å². The average Bonchev–Trinajstić information content (AvgIpc) is 3.07. The first-order valence-corrected chi connectivity index (χ1v) is 9.22. The molecule has 3 aromatic heterocycles. The van der Waals surface area contributed by atoms with E-state index in [1.807, 2.05) is 13.0 Å². The Morgan fingerprint density at radius 3 is 2.63 bits per heavy atom. The van der Waals surface area contributed by atoms with Gasteiger partial charge in [0.25, 0.3) is 5.56 Å². The van der Waals surface area contributed by atoms with Crippen molar-refractivity contribution in [3.05, 3.63) is 75.7 Å². The van der Waals surface area contributed by atoms with Gasteiger partial charge >= 0.3 is 5.97 Å². The number of fused-ring (bicyclic) bond motifs is 1. The number of nitrogens with zero attached hydrogens (tertiary/aromatic N) is 3. The molecular formula is C22H19N3O5. The van der Waals surface area contributed by atoms with Gasteiger partial charge in [0.15, 0.2) is 0 Å². The van der Waals surface area contributed by atoms with Crippen LogP contribution in [0.1, 0.15) is 27.5 Å². The van der Waals surface area contributed by atoms with E-state index in [0.29, 0.717) is 39.4 Å². The summed E-state index contributed by atoms with van der Waals surface area (Å²) in [6.07, 6.45) is 1.62. The lowest BCUT2D eigenvalue weighted by Crippen LogP contribution is -2.27. The van der Waals surface area contributed by atoms with Gasteiger partial charge in [-0.2, -0.15) is 0 Å². The monoisotopic (exact) mass is 405 g/mol. The third-order valence-corrected chi connectivity index (χ3v) is 4.99. The number of hydrogen-bond donors (Lipinski definition) is 1. The number of carboxylic acids is 1. The molecule has 0 atom stereocenters. The first-order valence-electron chi connectivity index (χ1n) is 9.22. The zero-order chi connectivity index (χ0) is 21.4. The number of aromatic carboxylic acids is 1. The maximum Gasteiger partial charge on any atom is 0.341 e. The molecule has 1 aromatic carbocycles. The predicted molar refractivity (Wildman–Crippen MR) is 110 cm³/mol. The van der Waals surface area contributed by atoms with Crippen molar-refractivity contribution in [1.82, 2.24) is 14.7 Å². The number of methoxy groups -OCH3 is 1. The van der Waals surface area contributed by atoms with Crippen molar-refractivity contribution in [2.75, 3.05) is 7.11 Å². The fraction of sp³-hybridized carbons (Fsp3) is 0.182. The van der Waals surface area contributed by atoms with Crippen molar-refractivity contribution in [3.8, 4) is 16.9 Å². The summed E-state index contributed by atoms with van der Waals surface area (Å²) in [6.45, 7) is 3.74. The molecule has 0 aliphatic heterocycles. The zero-order valence-electron chi connectivity index (χ0n) is 16.7. The molecule has 0 amide bonds. The van der Waals surface area contributed by atoms with Crippen LogP contribution < -0.4 is 10.3 Å². The number of aryl methyl sites for hydroxylation is 2. The molecule has 0 radical (unpaired) electrons. The number of aromatic nitrogens is 3. The van der Waals surface area contributed by atoms with Gasteiger partial charge in [-0.1, -0.05) is 11.2 Å². The topological polar surface area (TPSA) is 107 Å². The second kappa shape index (κ2) is 7.47. The third kappa shape index (κ3) is 3.22. The van der Waals surface area contributed by atoms with E-state index in [1.54, 1.807) is 37.4 Å². The van der Waals surface area contributed by atoms with Gasteiger partial charge in [0.1, 0.15) is 17.1 Å². The van der Waals surface area contributed by atoms with Crippen LogP contribution in [0.2, 0.25) is 0 Å². The quantitative estimate of drug-likeness (QED) is 0.542. The number of benzene rings is 1. The van der Waals surface area contributed by atoms with E-state index >= 15 is 0 Å². The van der Waals surface area contributed by atoms with Gasteiger partial charge in [-0.25, -0.2) is 4.79 Å². The molecule has 0 unspecified atom stereocenters. The SMILES string of the molecule is COc1cc2c(cc1-c1c(C)noc1C)cc(C(=O)O)c(=O)n2Cc1ccccn1. The van der Waals surface area contributed by atoms with Crippen molar-refractivity contribution in [3.63, 3.8) is 0 Å². The average molecular weight is 405 g/mol. The summed E-state index contributed by atoms with van der Waals surface area (Å²) in [6, 6.07) is 10.3. The van der Waals surface area contributed by atoms with Crippen LogP contribution in [-0.4, -0.2) is 32.9 Å². The summed E-state index contributed by atoms with van der Waals surface area (Å²) in [7, 11) is 1.54. The van der Waals surface area contributed by atoms with E-state index in [-0.39, 0.29) is 12.1 Å². The van der Waals surface area contributed by atoms with E-state index in [0.717, 1.165) is 5.56 Å². The summed E-state index contributed by atoms with van der Waals surface area (Å²) < 4.78 is 12.3. The van der Waals surface area contributed by atoms with E-state index < -0.39 is 11.5 Å². The van der Waals surface area contributed by atoms with Gasteiger partial charge in [0.05, 0.1) is 36.1 Å². The summed E-state index contributed by atoms with van der Waals surface area (Å²) in [5.74, 6) is -0.147. The van der Waals surface area contributed by atoms with E-state index in [2.05, 4.69) is 10.1 Å². The van der Waals surface area contributed by atoms with Crippen molar-refractivity contribution in [2.24, 2.45) is 0 Å². The highest BCUT2D eigenvalue weighted by Crippen LogP contribution is 2.37. The molecule has 0 aliphatic rings. The molecule has 4 rings (SSSR count). The number of hydrogen-bond acceptors (Lipinski definition) is 6. The highest BCUT2D eigenvalue weighted by Gasteiger charge is 2.21. The molecule has 0 saturated heterocycles. The van der Waals surface area contributed by atoms with Gasteiger partial charge in [0, 0.05) is 23.2 Å². The number of pyridine rings is 2. The Kier molecular flexibility index (Phi) is 4.83. The Labute approximate surface area is 171 Å². The Hall–Kier alpha value is -3.94. The molecule has 0 bridgehead atoms. The Balaban J connectivity index is 2.04. The molecule has 1 N–H and O–H groups in total. The van der Waals surface area contributed by atoms with Crippen molar-refractivity contribution >= 4 is 16.9 Å². The molecule has 0 fully saturated rings. The largest absolute Gasteiger partial charge is 0.496 e. The second-order valence-electron chi connectivity index (χ2n) is 6.89. The Bertz CT molecular complexity index is 1300. The van der Waals surface area contributed by atoms with Crippen LogP contribution >= 0.6 is 0 Å². The van der Waals surface area contributed by atoms with Gasteiger partial charge in [0.2, 0.25) is 0 Å². The van der Waals surface area contributed by atoms with E-state index in [1.165, 1.54) is 17.7 Å². The van der Waals surface area contributed by atoms with Crippen LogP contribution in [0.4, 0.5) is 0 Å². The molecule has 3 heterocycles. The van der Waals surface area contributed by atoms with Crippen LogP contribution in [0.25, 0.3) is 22.0 Å². The van der Waals surface area contributed by atoms with Gasteiger partial charge in [-0.05, 0) is 38.1 Å². The van der Waals surface area contributed by atoms with Crippen LogP contribution in [-0.2, 0) is 6.54 Å². The van der Waals surface area contributed by atoms with E-state index in [4.69, 9.17) is 9.26 Å². The number of carboxylic acid groups (broad SMARTS) is 1. The smallest absolute Gasteiger partial charge is 0.341 e. The molecule has 8 heteroatoms. The number of carbonyl (C=O) groups is 1. The first kappa shape index (κ1) is 19.4. The lowest BCUT2D eigenvalue weighted by Gasteiger charge is -2.15. The number of rotatable bonds is 5. The zero-order valence-corrected chi connectivity index (χ0v) is 16.7. The fourth-order valence-corrected chi connectivity index (χ4v) is 3.60. The molecule has 30 heavy (non-hydrogen) atoms. The Morgan fingerprint density at radius 2 is 2.03 bits per heavy atom. The first-order chi connectivity index (χ1) is 14.4. The molecule has 8 nitrogen and oxygen atoms in total. The van der Waals surface area contributed by atoms with Gasteiger partial charge < -0.3 is 18.9 Å². The maximum absolute atomic E-state index is 12.9. The summed E-state index contributed by atoms with van der Waals surface area (Å²) >= 11 is 0. The molecule has 152 valence electrons. The van der Waals surface area contributed by atoms with Crippen LogP contribution in [0.15, 0.2) is 51.9 Å². The molecule has 0 aliphatic carbocycles. The maximum atomic E-state index is 12.9. The molecule has 0 saturated carbocycles. The minimum absolute atomic E-state index is 0.130. The minimum Gasteiger partial charge on any atom is -0.496 e. The van der Waals surface area contributed by atoms with Crippen molar-refractivity contribution in [1.29, 1.82) is 0 Å². The predicted octanol–water partition coefficient (Wildman–Crippen LogP) is 3.42. The normalized spacial score (nSPS) is 11.0. The summed E-state index contributed by atoms with van der Waals surface area (Å²) in [4.78, 5) is 28.9. The lowest BCUT2D eigenvalue weighted by atomic mass is 9.99. The molecule has 4 aromatic rings. The molecule has 0 spiro atoms. The molecular weight excluding hydrogens is 386 g/mol. The van der Waals surface area contributed by atoms with Crippen LogP contribution in [0, 0.1) is 13.8 Å². The minimum atomic E-state index is -1.29. The summed E-state index contributed by atoms with van der Waals surface area (Å²) in [5, 5.41) is 14.2. The highest BCUT2D eigenvalue weighted by molar-refractivity contribution is 5.95.